The Kier molecular flexibility index (Phi) is 7.53. The molecular weight excluding hydrogens is 488 g/mol. The number of carbonyl (C=O) groups excluding carboxylic acids is 1. The van der Waals surface area contributed by atoms with Crippen LogP contribution in [0.5, 0.6) is 11.5 Å². The maximum Gasteiger partial charge on any atom is 0.254 e. The lowest BCUT2D eigenvalue weighted by atomic mass is 9.99. The Morgan fingerprint density at radius 1 is 0.949 bits per heavy atom. The normalized spacial score (nSPS) is 20.4. The van der Waals surface area contributed by atoms with Crippen molar-refractivity contribution in [2.45, 2.75) is 51.7 Å². The Morgan fingerprint density at radius 3 is 2.51 bits per heavy atom. The van der Waals surface area contributed by atoms with Crippen LogP contribution in [-0.2, 0) is 13.0 Å². The summed E-state index contributed by atoms with van der Waals surface area (Å²) in [6.45, 7) is 10.5. The highest BCUT2D eigenvalue weighted by Gasteiger charge is 2.32. The number of benzene rings is 2. The number of carbonyl (C=O) groups is 1. The number of hydrogen-bond donors (Lipinski definition) is 0. The number of fused-ring (bicyclic) bond motifs is 1. The summed E-state index contributed by atoms with van der Waals surface area (Å²) in [7, 11) is 0. The standard InChI is InChI=1S/C32H38N4O3/c1-23-5-3-4-6-29(23)32(37)34-13-11-28(12-14-34)36-16-15-35(24(2)20-36)21-26-7-9-27(33-19-26)17-25-8-10-30-31(18-25)39-22-38-30/h3-10,18-19,24,28H,11-17,20-22H2,1-2H3/t24-/m1/s1. The van der Waals surface area contributed by atoms with Crippen molar-refractivity contribution in [3.8, 4) is 11.5 Å². The summed E-state index contributed by atoms with van der Waals surface area (Å²) < 4.78 is 10.9. The molecule has 0 unspecified atom stereocenters. The second-order valence-electron chi connectivity index (χ2n) is 11.2. The van der Waals surface area contributed by atoms with Crippen molar-refractivity contribution in [3.05, 3.63) is 88.7 Å². The summed E-state index contributed by atoms with van der Waals surface area (Å²) in [5.74, 6) is 1.81. The lowest BCUT2D eigenvalue weighted by Gasteiger charge is -2.45. The number of aryl methyl sites for hydroxylation is 1. The molecule has 0 bridgehead atoms. The lowest BCUT2D eigenvalue weighted by Crippen LogP contribution is -2.56. The Bertz CT molecular complexity index is 1300. The van der Waals surface area contributed by atoms with Crippen LogP contribution in [-0.4, -0.2) is 77.2 Å². The van der Waals surface area contributed by atoms with Crippen molar-refractivity contribution in [1.82, 2.24) is 19.7 Å². The molecule has 4 heterocycles. The first-order valence-electron chi connectivity index (χ1n) is 14.2. The molecule has 2 saturated heterocycles. The van der Waals surface area contributed by atoms with Gasteiger partial charge >= 0.3 is 0 Å². The third-order valence-corrected chi connectivity index (χ3v) is 8.53. The highest BCUT2D eigenvalue weighted by Crippen LogP contribution is 2.33. The van der Waals surface area contributed by atoms with Crippen LogP contribution in [0.2, 0.25) is 0 Å². The molecule has 0 saturated carbocycles. The third-order valence-electron chi connectivity index (χ3n) is 8.53. The van der Waals surface area contributed by atoms with Gasteiger partial charge in [0.1, 0.15) is 0 Å². The van der Waals surface area contributed by atoms with Gasteiger partial charge in [0.05, 0.1) is 0 Å². The number of piperazine rings is 1. The quantitative estimate of drug-likeness (QED) is 0.471. The summed E-state index contributed by atoms with van der Waals surface area (Å²) in [6, 6.07) is 19.4. The van der Waals surface area contributed by atoms with E-state index in [0.717, 1.165) is 86.9 Å². The van der Waals surface area contributed by atoms with Crippen LogP contribution >= 0.6 is 0 Å². The van der Waals surface area contributed by atoms with E-state index in [1.807, 2.05) is 54.4 Å². The Labute approximate surface area is 231 Å². The molecular formula is C32H38N4O3. The summed E-state index contributed by atoms with van der Waals surface area (Å²) in [5.41, 5.74) is 5.39. The molecule has 0 N–H and O–H groups in total. The van der Waals surface area contributed by atoms with E-state index in [1.54, 1.807) is 0 Å². The van der Waals surface area contributed by atoms with E-state index in [0.29, 0.717) is 18.9 Å². The first kappa shape index (κ1) is 25.8. The third kappa shape index (κ3) is 5.80. The zero-order valence-corrected chi connectivity index (χ0v) is 23.0. The number of nitrogens with zero attached hydrogens (tertiary/aromatic N) is 4. The van der Waals surface area contributed by atoms with Gasteiger partial charge in [0.25, 0.3) is 5.91 Å². The Hall–Kier alpha value is -3.42. The predicted molar refractivity (Wildman–Crippen MR) is 151 cm³/mol. The zero-order valence-electron chi connectivity index (χ0n) is 23.0. The summed E-state index contributed by atoms with van der Waals surface area (Å²) in [5, 5.41) is 0. The maximum atomic E-state index is 13.0. The minimum atomic E-state index is 0.181. The van der Waals surface area contributed by atoms with Gasteiger partial charge in [-0.25, -0.2) is 0 Å². The molecule has 7 heteroatoms. The average molecular weight is 527 g/mol. The topological polar surface area (TPSA) is 58.1 Å². The molecule has 1 amide bonds. The fourth-order valence-corrected chi connectivity index (χ4v) is 6.16. The van der Waals surface area contributed by atoms with Crippen LogP contribution in [0.1, 0.15) is 52.5 Å². The number of rotatable bonds is 6. The fourth-order valence-electron chi connectivity index (χ4n) is 6.16. The van der Waals surface area contributed by atoms with Crippen LogP contribution in [0.15, 0.2) is 60.8 Å². The summed E-state index contributed by atoms with van der Waals surface area (Å²) in [4.78, 5) is 25.0. The zero-order chi connectivity index (χ0) is 26.8. The van der Waals surface area contributed by atoms with Gasteiger partial charge in [-0.15, -0.1) is 0 Å². The maximum absolute atomic E-state index is 13.0. The second kappa shape index (κ2) is 11.4. The van der Waals surface area contributed by atoms with E-state index in [4.69, 9.17) is 14.5 Å². The van der Waals surface area contributed by atoms with Gasteiger partial charge in [0.15, 0.2) is 11.5 Å². The fraction of sp³-hybridized carbons (Fsp3) is 0.438. The first-order chi connectivity index (χ1) is 19.0. The van der Waals surface area contributed by atoms with Crippen LogP contribution in [0, 0.1) is 6.92 Å². The Morgan fingerprint density at radius 2 is 1.74 bits per heavy atom. The van der Waals surface area contributed by atoms with Crippen molar-refractivity contribution >= 4 is 5.91 Å². The van der Waals surface area contributed by atoms with Crippen LogP contribution in [0.4, 0.5) is 0 Å². The first-order valence-corrected chi connectivity index (χ1v) is 14.2. The average Bonchev–Trinajstić information content (AvgIpc) is 3.43. The number of piperidine rings is 1. The highest BCUT2D eigenvalue weighted by molar-refractivity contribution is 5.95. The summed E-state index contributed by atoms with van der Waals surface area (Å²) >= 11 is 0. The SMILES string of the molecule is Cc1ccccc1C(=O)N1CCC(N2CCN(Cc3ccc(Cc4ccc5c(c4)OCO5)nc3)[C@H](C)C2)CC1. The number of hydrogen-bond acceptors (Lipinski definition) is 6. The van der Waals surface area contributed by atoms with Crippen molar-refractivity contribution in [2.24, 2.45) is 0 Å². The van der Waals surface area contributed by atoms with Gasteiger partial charge in [-0.2, -0.15) is 0 Å². The molecule has 3 aliphatic rings. The van der Waals surface area contributed by atoms with Gasteiger partial charge in [0.2, 0.25) is 6.79 Å². The van der Waals surface area contributed by atoms with Gasteiger partial charge in [0, 0.05) is 75.2 Å². The minimum Gasteiger partial charge on any atom is -0.454 e. The molecule has 7 nitrogen and oxygen atoms in total. The largest absolute Gasteiger partial charge is 0.454 e. The van der Waals surface area contributed by atoms with Crippen molar-refractivity contribution in [2.75, 3.05) is 39.5 Å². The number of amides is 1. The molecule has 1 atom stereocenters. The van der Waals surface area contributed by atoms with Crippen molar-refractivity contribution in [1.29, 1.82) is 0 Å². The molecule has 0 aliphatic carbocycles. The molecule has 204 valence electrons. The minimum absolute atomic E-state index is 0.181. The van der Waals surface area contributed by atoms with Gasteiger partial charge < -0.3 is 14.4 Å². The molecule has 6 rings (SSSR count). The van der Waals surface area contributed by atoms with Gasteiger partial charge in [-0.1, -0.05) is 30.3 Å². The highest BCUT2D eigenvalue weighted by atomic mass is 16.7. The van der Waals surface area contributed by atoms with E-state index in [1.165, 1.54) is 11.1 Å². The molecule has 2 fully saturated rings. The molecule has 3 aliphatic heterocycles. The van der Waals surface area contributed by atoms with Crippen LogP contribution in [0.3, 0.4) is 0 Å². The molecule has 1 aromatic heterocycles. The molecule has 0 radical (unpaired) electrons. The molecule has 0 spiro atoms. The molecule has 2 aromatic carbocycles. The lowest BCUT2D eigenvalue weighted by molar-refractivity contribution is 0.0259. The van der Waals surface area contributed by atoms with Gasteiger partial charge in [-0.3, -0.25) is 19.6 Å². The van der Waals surface area contributed by atoms with Crippen molar-refractivity contribution in [3.63, 3.8) is 0 Å². The van der Waals surface area contributed by atoms with E-state index >= 15 is 0 Å². The number of likely N-dealkylation sites (tertiary alicyclic amines) is 1. The van der Waals surface area contributed by atoms with E-state index in [2.05, 4.69) is 34.9 Å². The van der Waals surface area contributed by atoms with E-state index in [9.17, 15) is 4.79 Å². The van der Waals surface area contributed by atoms with E-state index in [-0.39, 0.29) is 5.91 Å². The smallest absolute Gasteiger partial charge is 0.254 e. The monoisotopic (exact) mass is 526 g/mol. The molecule has 3 aromatic rings. The van der Waals surface area contributed by atoms with Crippen LogP contribution in [0.25, 0.3) is 0 Å². The molecule has 39 heavy (non-hydrogen) atoms. The van der Waals surface area contributed by atoms with Gasteiger partial charge in [-0.05, 0) is 67.6 Å². The number of ether oxygens (including phenoxy) is 2. The summed E-state index contributed by atoms with van der Waals surface area (Å²) in [6.07, 6.45) is 4.92. The van der Waals surface area contributed by atoms with E-state index < -0.39 is 0 Å². The number of aromatic nitrogens is 1. The van der Waals surface area contributed by atoms with Crippen LogP contribution < -0.4 is 9.47 Å². The number of pyridine rings is 1. The van der Waals surface area contributed by atoms with Crippen molar-refractivity contribution < 1.29 is 14.3 Å². The predicted octanol–water partition coefficient (Wildman–Crippen LogP) is 4.52. The Balaban J connectivity index is 0.977. The second-order valence-corrected chi connectivity index (χ2v) is 11.2.